The minimum Gasteiger partial charge on any atom is -0.398 e. The smallest absolute Gasteiger partial charge is 0.258 e. The number of rotatable bonds is 3. The van der Waals surface area contributed by atoms with Crippen molar-refractivity contribution in [2.45, 2.75) is 0 Å². The van der Waals surface area contributed by atoms with Crippen molar-refractivity contribution in [2.75, 3.05) is 0 Å². The second-order valence-electron chi connectivity index (χ2n) is 5.35. The van der Waals surface area contributed by atoms with Crippen molar-refractivity contribution in [3.05, 3.63) is 80.8 Å². The van der Waals surface area contributed by atoms with Gasteiger partial charge in [-0.05, 0) is 35.4 Å². The molecule has 1 heterocycles. The fourth-order valence-corrected chi connectivity index (χ4v) is 2.89. The van der Waals surface area contributed by atoms with E-state index in [0.717, 1.165) is 4.47 Å². The molecule has 3 N–H and O–H groups in total. The molecular formula is C19H12BrN3O2. The number of hydrogen-bond acceptors (Lipinski definition) is 4. The van der Waals surface area contributed by atoms with E-state index >= 15 is 0 Å². The molecule has 0 spiro atoms. The van der Waals surface area contributed by atoms with Crippen molar-refractivity contribution in [1.29, 1.82) is 5.26 Å². The SMILES string of the molecule is N#Cc1cccc(/C(N)=C2\C(=O)NC(c3ccc(Br)cc3)=C2C=O)c1. The molecule has 3 rings (SSSR count). The van der Waals surface area contributed by atoms with Crippen LogP contribution >= 0.6 is 15.9 Å². The Balaban J connectivity index is 2.17. The van der Waals surface area contributed by atoms with Crippen LogP contribution in [0, 0.1) is 11.3 Å². The highest BCUT2D eigenvalue weighted by atomic mass is 79.9. The van der Waals surface area contributed by atoms with Crippen LogP contribution in [-0.4, -0.2) is 12.2 Å². The Labute approximate surface area is 152 Å². The van der Waals surface area contributed by atoms with E-state index in [1.165, 1.54) is 0 Å². The summed E-state index contributed by atoms with van der Waals surface area (Å²) in [6, 6.07) is 15.8. The summed E-state index contributed by atoms with van der Waals surface area (Å²) in [4.78, 5) is 24.1. The number of carbonyl (C=O) groups excluding carboxylic acids is 2. The number of nitriles is 1. The monoisotopic (exact) mass is 393 g/mol. The second kappa shape index (κ2) is 6.75. The summed E-state index contributed by atoms with van der Waals surface area (Å²) in [5.74, 6) is -0.445. The average Bonchev–Trinajstić information content (AvgIpc) is 2.98. The lowest BCUT2D eigenvalue weighted by Gasteiger charge is -2.06. The van der Waals surface area contributed by atoms with Crippen LogP contribution < -0.4 is 11.1 Å². The van der Waals surface area contributed by atoms with Crippen molar-refractivity contribution in [3.8, 4) is 6.07 Å². The van der Waals surface area contributed by atoms with E-state index in [1.807, 2.05) is 18.2 Å². The number of nitrogens with zero attached hydrogens (tertiary/aromatic N) is 1. The minimum atomic E-state index is -0.445. The maximum Gasteiger partial charge on any atom is 0.258 e. The third-order valence-electron chi connectivity index (χ3n) is 3.83. The Morgan fingerprint density at radius 2 is 1.92 bits per heavy atom. The molecule has 0 saturated carbocycles. The molecule has 2 aromatic carbocycles. The van der Waals surface area contributed by atoms with Gasteiger partial charge in [-0.1, -0.05) is 40.2 Å². The number of amides is 1. The van der Waals surface area contributed by atoms with Gasteiger partial charge in [-0.3, -0.25) is 9.59 Å². The maximum absolute atomic E-state index is 12.4. The van der Waals surface area contributed by atoms with Crippen LogP contribution in [0.4, 0.5) is 0 Å². The van der Waals surface area contributed by atoms with E-state index in [4.69, 9.17) is 11.0 Å². The summed E-state index contributed by atoms with van der Waals surface area (Å²) in [5.41, 5.74) is 8.68. The summed E-state index contributed by atoms with van der Waals surface area (Å²) in [5, 5.41) is 11.7. The van der Waals surface area contributed by atoms with Gasteiger partial charge in [0.25, 0.3) is 5.91 Å². The lowest BCUT2D eigenvalue weighted by molar-refractivity contribution is -0.116. The Morgan fingerprint density at radius 3 is 2.56 bits per heavy atom. The standard InChI is InChI=1S/C19H12BrN3O2/c20-14-6-4-12(5-7-14)18-15(10-24)16(19(25)23-18)17(22)13-3-1-2-11(8-13)9-21/h1-8,10H,22H2,(H,23,25)/b17-16+. The highest BCUT2D eigenvalue weighted by molar-refractivity contribution is 9.10. The Hall–Kier alpha value is -3.17. The lowest BCUT2D eigenvalue weighted by Crippen LogP contribution is -2.18. The Morgan fingerprint density at radius 1 is 1.20 bits per heavy atom. The van der Waals surface area contributed by atoms with Gasteiger partial charge >= 0.3 is 0 Å². The van der Waals surface area contributed by atoms with Crippen LogP contribution in [0.5, 0.6) is 0 Å². The quantitative estimate of drug-likeness (QED) is 0.618. The van der Waals surface area contributed by atoms with E-state index < -0.39 is 5.91 Å². The van der Waals surface area contributed by atoms with Crippen LogP contribution in [0.2, 0.25) is 0 Å². The number of halogens is 1. The third-order valence-corrected chi connectivity index (χ3v) is 4.36. The largest absolute Gasteiger partial charge is 0.398 e. The number of benzene rings is 2. The van der Waals surface area contributed by atoms with Crippen LogP contribution in [0.3, 0.4) is 0 Å². The van der Waals surface area contributed by atoms with E-state index in [0.29, 0.717) is 28.7 Å². The highest BCUT2D eigenvalue weighted by Gasteiger charge is 2.30. The Kier molecular flexibility index (Phi) is 4.50. The van der Waals surface area contributed by atoms with Crippen LogP contribution in [0.15, 0.2) is 64.1 Å². The highest BCUT2D eigenvalue weighted by Crippen LogP contribution is 2.31. The van der Waals surface area contributed by atoms with E-state index in [9.17, 15) is 9.59 Å². The zero-order chi connectivity index (χ0) is 18.0. The first-order chi connectivity index (χ1) is 12.0. The predicted octanol–water partition coefficient (Wildman–Crippen LogP) is 2.73. The van der Waals surface area contributed by atoms with Gasteiger partial charge in [0.1, 0.15) is 0 Å². The van der Waals surface area contributed by atoms with Gasteiger partial charge < -0.3 is 11.1 Å². The zero-order valence-electron chi connectivity index (χ0n) is 12.9. The van der Waals surface area contributed by atoms with Gasteiger partial charge in [0.2, 0.25) is 0 Å². The molecule has 25 heavy (non-hydrogen) atoms. The summed E-state index contributed by atoms with van der Waals surface area (Å²) in [7, 11) is 0. The van der Waals surface area contributed by atoms with Crippen molar-refractivity contribution in [3.63, 3.8) is 0 Å². The fourth-order valence-electron chi connectivity index (χ4n) is 2.62. The first-order valence-electron chi connectivity index (χ1n) is 7.32. The molecule has 0 aliphatic carbocycles. The van der Waals surface area contributed by atoms with E-state index in [-0.39, 0.29) is 16.8 Å². The van der Waals surface area contributed by atoms with Gasteiger partial charge in [-0.2, -0.15) is 5.26 Å². The molecule has 122 valence electrons. The Bertz CT molecular complexity index is 982. The van der Waals surface area contributed by atoms with Crippen molar-refractivity contribution < 1.29 is 9.59 Å². The predicted molar refractivity (Wildman–Crippen MR) is 97.5 cm³/mol. The fraction of sp³-hybridized carbons (Fsp3) is 0. The topological polar surface area (TPSA) is 96.0 Å². The molecule has 1 aliphatic rings. The molecule has 1 amide bonds. The minimum absolute atomic E-state index is 0.114. The first kappa shape index (κ1) is 16.7. The molecule has 0 unspecified atom stereocenters. The summed E-state index contributed by atoms with van der Waals surface area (Å²) < 4.78 is 0.887. The number of aldehydes is 1. The molecule has 1 aliphatic heterocycles. The molecule has 0 fully saturated rings. The summed E-state index contributed by atoms with van der Waals surface area (Å²) in [6.07, 6.45) is 0.617. The van der Waals surface area contributed by atoms with Crippen molar-refractivity contribution >= 4 is 39.5 Å². The average molecular weight is 394 g/mol. The lowest BCUT2D eigenvalue weighted by atomic mass is 9.99. The summed E-state index contributed by atoms with van der Waals surface area (Å²) >= 11 is 3.35. The molecule has 0 atom stereocenters. The molecular weight excluding hydrogens is 382 g/mol. The number of nitrogens with one attached hydrogen (secondary N) is 1. The van der Waals surface area contributed by atoms with Crippen molar-refractivity contribution in [2.24, 2.45) is 5.73 Å². The van der Waals surface area contributed by atoms with Crippen molar-refractivity contribution in [1.82, 2.24) is 5.32 Å². The molecule has 0 aromatic heterocycles. The maximum atomic E-state index is 12.4. The van der Waals surface area contributed by atoms with Gasteiger partial charge in [-0.15, -0.1) is 0 Å². The number of nitrogens with two attached hydrogens (primary N) is 1. The van der Waals surface area contributed by atoms with Crippen LogP contribution in [-0.2, 0) is 9.59 Å². The molecule has 2 aromatic rings. The summed E-state index contributed by atoms with van der Waals surface area (Å²) in [6.45, 7) is 0. The van der Waals surface area contributed by atoms with Gasteiger partial charge in [-0.25, -0.2) is 0 Å². The number of hydrogen-bond donors (Lipinski definition) is 2. The molecule has 0 bridgehead atoms. The van der Waals surface area contributed by atoms with Gasteiger partial charge in [0.15, 0.2) is 6.29 Å². The van der Waals surface area contributed by atoms with E-state index in [1.54, 1.807) is 36.4 Å². The molecule has 5 nitrogen and oxygen atoms in total. The van der Waals surface area contributed by atoms with Gasteiger partial charge in [0, 0.05) is 4.47 Å². The third kappa shape index (κ3) is 3.10. The molecule has 6 heteroatoms. The molecule has 0 radical (unpaired) electrons. The first-order valence-corrected chi connectivity index (χ1v) is 8.12. The molecule has 0 saturated heterocycles. The zero-order valence-corrected chi connectivity index (χ0v) is 14.5. The van der Waals surface area contributed by atoms with E-state index in [2.05, 4.69) is 21.2 Å². The second-order valence-corrected chi connectivity index (χ2v) is 6.26. The normalized spacial score (nSPS) is 15.6. The van der Waals surface area contributed by atoms with Crippen LogP contribution in [0.25, 0.3) is 11.4 Å². The van der Waals surface area contributed by atoms with Crippen LogP contribution in [0.1, 0.15) is 16.7 Å². The number of carbonyl (C=O) groups is 2. The van der Waals surface area contributed by atoms with Gasteiger partial charge in [0.05, 0.1) is 34.2 Å².